The number of carbonyl (C=O) groups excluding carboxylic acids is 1. The van der Waals surface area contributed by atoms with Gasteiger partial charge < -0.3 is 29.7 Å². The molecule has 1 aromatic heterocycles. The summed E-state index contributed by atoms with van der Waals surface area (Å²) in [6.07, 6.45) is 7.23. The van der Waals surface area contributed by atoms with Gasteiger partial charge in [0.15, 0.2) is 5.82 Å². The molecule has 0 aliphatic carbocycles. The van der Waals surface area contributed by atoms with Crippen LogP contribution in [0, 0.1) is 5.92 Å². The first kappa shape index (κ1) is 37.9. The topological polar surface area (TPSA) is 106 Å². The lowest BCUT2D eigenvalue weighted by Gasteiger charge is -2.43. The van der Waals surface area contributed by atoms with Gasteiger partial charge in [0.25, 0.3) is 0 Å². The summed E-state index contributed by atoms with van der Waals surface area (Å²) in [5, 5.41) is 8.68. The van der Waals surface area contributed by atoms with Gasteiger partial charge in [-0.1, -0.05) is 39.7 Å². The number of nitrogens with one attached hydrogen (secondary N) is 2. The maximum absolute atomic E-state index is 13.0. The number of amides is 1. The highest BCUT2D eigenvalue weighted by molar-refractivity contribution is 9.09. The number of halogens is 2. The van der Waals surface area contributed by atoms with Crippen LogP contribution in [-0.4, -0.2) is 121 Å². The Morgan fingerprint density at radius 1 is 0.961 bits per heavy atom. The van der Waals surface area contributed by atoms with Crippen LogP contribution in [0.5, 0.6) is 5.75 Å². The Kier molecular flexibility index (Phi) is 12.8. The number of rotatable bonds is 12. The zero-order chi connectivity index (χ0) is 36.0. The Morgan fingerprint density at radius 3 is 2.37 bits per heavy atom. The SMILES string of the molecule is COc1cc(N2CCC(N3CCN(CC(=O)N4CCC(CCBr)CC4)CC3)CC2)ccc1Nc1ncc(Cl)c(Nc2ccccc2P(C)(C)=O)n1. The summed E-state index contributed by atoms with van der Waals surface area (Å²) < 4.78 is 18.7. The molecule has 2 aromatic carbocycles. The van der Waals surface area contributed by atoms with E-state index in [0.29, 0.717) is 46.7 Å². The second-order valence-electron chi connectivity index (χ2n) is 14.2. The second-order valence-corrected chi connectivity index (χ2v) is 18.6. The van der Waals surface area contributed by atoms with Crippen LogP contribution in [0.3, 0.4) is 0 Å². The minimum absolute atomic E-state index is 0.302. The average molecular weight is 802 g/mol. The normalized spacial score (nSPS) is 18.5. The molecule has 6 rings (SSSR count). The van der Waals surface area contributed by atoms with E-state index in [1.807, 2.05) is 30.3 Å². The summed E-state index contributed by atoms with van der Waals surface area (Å²) in [6.45, 7) is 11.8. The number of piperazine rings is 1. The van der Waals surface area contributed by atoms with E-state index in [2.05, 4.69) is 68.3 Å². The van der Waals surface area contributed by atoms with Gasteiger partial charge in [-0.3, -0.25) is 14.6 Å². The number of methoxy groups -OCH3 is 1. The van der Waals surface area contributed by atoms with Crippen molar-refractivity contribution in [1.29, 1.82) is 0 Å². The number of nitrogens with zero attached hydrogens (tertiary/aromatic N) is 6. The quantitative estimate of drug-likeness (QED) is 0.156. The van der Waals surface area contributed by atoms with Crippen molar-refractivity contribution in [2.75, 3.05) is 100 Å². The van der Waals surface area contributed by atoms with Crippen molar-refractivity contribution in [1.82, 2.24) is 24.7 Å². The number of benzene rings is 2. The lowest BCUT2D eigenvalue weighted by molar-refractivity contribution is -0.134. The van der Waals surface area contributed by atoms with E-state index in [1.54, 1.807) is 26.6 Å². The highest BCUT2D eigenvalue weighted by Gasteiger charge is 2.30. The highest BCUT2D eigenvalue weighted by atomic mass is 79.9. The molecule has 0 bridgehead atoms. The van der Waals surface area contributed by atoms with E-state index >= 15 is 0 Å². The smallest absolute Gasteiger partial charge is 0.236 e. The van der Waals surface area contributed by atoms with Gasteiger partial charge >= 0.3 is 0 Å². The van der Waals surface area contributed by atoms with E-state index < -0.39 is 7.14 Å². The third-order valence-corrected chi connectivity index (χ3v) is 12.8. The molecular formula is C37H51BrClN8O3P. The monoisotopic (exact) mass is 800 g/mol. The van der Waals surface area contributed by atoms with Crippen LogP contribution in [0.2, 0.25) is 5.02 Å². The van der Waals surface area contributed by atoms with Gasteiger partial charge in [0.1, 0.15) is 17.9 Å². The van der Waals surface area contributed by atoms with Crippen LogP contribution in [0.15, 0.2) is 48.7 Å². The second kappa shape index (κ2) is 17.3. The summed E-state index contributed by atoms with van der Waals surface area (Å²) in [4.78, 5) is 31.5. The van der Waals surface area contributed by atoms with Gasteiger partial charge in [-0.15, -0.1) is 0 Å². The van der Waals surface area contributed by atoms with Crippen LogP contribution in [0.4, 0.5) is 28.8 Å². The summed E-state index contributed by atoms with van der Waals surface area (Å²) in [6, 6.07) is 14.2. The van der Waals surface area contributed by atoms with Crippen molar-refractivity contribution in [2.24, 2.45) is 5.92 Å². The Hall–Kier alpha value is -2.89. The van der Waals surface area contributed by atoms with Crippen molar-refractivity contribution >= 4 is 74.7 Å². The molecule has 4 heterocycles. The number of ether oxygens (including phenoxy) is 1. The van der Waals surface area contributed by atoms with Crippen LogP contribution in [0.1, 0.15) is 32.1 Å². The zero-order valence-corrected chi connectivity index (χ0v) is 33.2. The van der Waals surface area contributed by atoms with Crippen LogP contribution < -0.4 is 25.6 Å². The molecule has 0 unspecified atom stereocenters. The molecule has 3 aliphatic heterocycles. The molecule has 3 fully saturated rings. The van der Waals surface area contributed by atoms with Gasteiger partial charge in [0, 0.05) is 80.8 Å². The lowest BCUT2D eigenvalue weighted by Crippen LogP contribution is -2.55. The molecule has 0 atom stereocenters. The number of carbonyl (C=O) groups is 1. The summed E-state index contributed by atoms with van der Waals surface area (Å²) >= 11 is 10.0. The number of piperidine rings is 2. The Morgan fingerprint density at radius 2 is 1.69 bits per heavy atom. The number of aromatic nitrogens is 2. The van der Waals surface area contributed by atoms with E-state index in [1.165, 1.54) is 6.42 Å². The fraction of sp³-hybridized carbons (Fsp3) is 0.541. The third-order valence-electron chi connectivity index (χ3n) is 10.5. The molecule has 3 aromatic rings. The van der Waals surface area contributed by atoms with Gasteiger partial charge in [-0.05, 0) is 75.6 Å². The molecular weight excluding hydrogens is 751 g/mol. The van der Waals surface area contributed by atoms with Gasteiger partial charge in [0.2, 0.25) is 11.9 Å². The molecule has 3 saturated heterocycles. The number of alkyl halides is 1. The predicted octanol–water partition coefficient (Wildman–Crippen LogP) is 6.48. The molecule has 2 N–H and O–H groups in total. The number of likely N-dealkylation sites (tertiary alicyclic amines) is 1. The molecule has 51 heavy (non-hydrogen) atoms. The van der Waals surface area contributed by atoms with Crippen molar-refractivity contribution in [3.05, 3.63) is 53.7 Å². The van der Waals surface area contributed by atoms with Gasteiger partial charge in [0.05, 0.1) is 31.2 Å². The Bertz CT molecular complexity index is 1690. The van der Waals surface area contributed by atoms with Gasteiger partial charge in [-0.25, -0.2) is 4.98 Å². The summed E-state index contributed by atoms with van der Waals surface area (Å²) in [5.74, 6) is 2.53. The van der Waals surface area contributed by atoms with Crippen LogP contribution in [0.25, 0.3) is 0 Å². The molecule has 0 saturated carbocycles. The van der Waals surface area contributed by atoms with E-state index in [9.17, 15) is 9.36 Å². The van der Waals surface area contributed by atoms with Crippen molar-refractivity contribution in [2.45, 2.75) is 38.1 Å². The molecule has 276 valence electrons. The first-order chi connectivity index (χ1) is 24.6. The number of para-hydroxylation sites is 1. The molecule has 0 radical (unpaired) electrons. The fourth-order valence-corrected chi connectivity index (χ4v) is 9.43. The average Bonchev–Trinajstić information content (AvgIpc) is 3.14. The summed E-state index contributed by atoms with van der Waals surface area (Å²) in [7, 11) is -0.864. The predicted molar refractivity (Wildman–Crippen MR) is 213 cm³/mol. The lowest BCUT2D eigenvalue weighted by atomic mass is 9.94. The molecule has 11 nitrogen and oxygen atoms in total. The maximum atomic E-state index is 13.0. The molecule has 14 heteroatoms. The minimum atomic E-state index is -2.53. The first-order valence-corrected chi connectivity index (χ1v) is 22.2. The minimum Gasteiger partial charge on any atom is -0.494 e. The first-order valence-electron chi connectivity index (χ1n) is 18.1. The third kappa shape index (κ3) is 9.76. The molecule has 3 aliphatic rings. The van der Waals surface area contributed by atoms with Crippen molar-refractivity contribution < 1.29 is 14.1 Å². The van der Waals surface area contributed by atoms with E-state index in [-0.39, 0.29) is 0 Å². The van der Waals surface area contributed by atoms with E-state index in [4.69, 9.17) is 16.3 Å². The Balaban J connectivity index is 0.995. The van der Waals surface area contributed by atoms with Crippen LogP contribution >= 0.6 is 34.7 Å². The molecule has 0 spiro atoms. The summed E-state index contributed by atoms with van der Waals surface area (Å²) in [5.41, 5.74) is 2.56. The fourth-order valence-electron chi connectivity index (χ4n) is 7.48. The molecule has 1 amide bonds. The number of hydrogen-bond acceptors (Lipinski definition) is 10. The standard InChI is InChI=1S/C37H51BrClN8O3P/c1-50-33-24-29(8-9-31(33)42-37-40-25-30(39)36(43-37)41-32-6-4-5-7-34(32)51(2,3)49)45-18-13-28(14-19-45)46-22-20-44(21-23-46)26-35(48)47-16-11-27(10-15-38)12-17-47/h4-9,24-25,27-28H,10-23,26H2,1-3H3,(H2,40,41,42,43). The van der Waals surface area contributed by atoms with Crippen molar-refractivity contribution in [3.8, 4) is 5.75 Å². The van der Waals surface area contributed by atoms with Crippen LogP contribution in [-0.2, 0) is 9.36 Å². The van der Waals surface area contributed by atoms with Gasteiger partial charge in [-0.2, -0.15) is 4.98 Å². The Labute approximate surface area is 316 Å². The number of anilines is 5. The van der Waals surface area contributed by atoms with Crippen molar-refractivity contribution in [3.63, 3.8) is 0 Å². The highest BCUT2D eigenvalue weighted by Crippen LogP contribution is 2.39. The largest absolute Gasteiger partial charge is 0.494 e. The van der Waals surface area contributed by atoms with E-state index in [0.717, 1.165) is 106 Å². The zero-order valence-electron chi connectivity index (χ0n) is 30.0. The number of hydrogen-bond donors (Lipinski definition) is 2. The maximum Gasteiger partial charge on any atom is 0.236 e.